The molecule has 0 saturated carbocycles. The molecule has 1 aliphatic rings. The van der Waals surface area contributed by atoms with Gasteiger partial charge in [-0.2, -0.15) is 0 Å². The largest absolute Gasteiger partial charge is 0.460 e. The number of rotatable bonds is 1. The number of cyclic esters (lactones) is 1. The van der Waals surface area contributed by atoms with Gasteiger partial charge in [0.2, 0.25) is 0 Å². The Hall–Kier alpha value is 0.0500. The van der Waals surface area contributed by atoms with Crippen molar-refractivity contribution in [2.75, 3.05) is 5.88 Å². The molecule has 4 heteroatoms. The summed E-state index contributed by atoms with van der Waals surface area (Å²) in [5, 5.41) is -0.478. The molecule has 2 nitrogen and oxygen atoms in total. The number of carbonyl (C=O) groups is 1. The van der Waals surface area contributed by atoms with Crippen molar-refractivity contribution >= 4 is 29.2 Å². The van der Waals surface area contributed by atoms with Crippen LogP contribution in [0.1, 0.15) is 6.42 Å². The minimum Gasteiger partial charge on any atom is -0.460 e. The molecule has 2 atom stereocenters. The Morgan fingerprint density at radius 1 is 1.78 bits per heavy atom. The van der Waals surface area contributed by atoms with Crippen molar-refractivity contribution in [3.63, 3.8) is 0 Å². The van der Waals surface area contributed by atoms with Crippen molar-refractivity contribution in [3.8, 4) is 0 Å². The van der Waals surface area contributed by atoms with Crippen LogP contribution in [-0.4, -0.2) is 23.3 Å². The minimum absolute atomic E-state index is 0.165. The van der Waals surface area contributed by atoms with Crippen LogP contribution in [0.2, 0.25) is 0 Å². The summed E-state index contributed by atoms with van der Waals surface area (Å²) in [6.45, 7) is 0. The van der Waals surface area contributed by atoms with Gasteiger partial charge in [-0.15, -0.1) is 23.2 Å². The van der Waals surface area contributed by atoms with Gasteiger partial charge in [-0.05, 0) is 0 Å². The number of hydrogen-bond acceptors (Lipinski definition) is 2. The Kier molecular flexibility index (Phi) is 2.19. The summed E-state index contributed by atoms with van der Waals surface area (Å²) in [6.07, 6.45) is 0.380. The van der Waals surface area contributed by atoms with E-state index in [2.05, 4.69) is 0 Å². The van der Waals surface area contributed by atoms with E-state index in [-0.39, 0.29) is 12.1 Å². The van der Waals surface area contributed by atoms with E-state index in [1.54, 1.807) is 0 Å². The second-order valence-corrected chi connectivity index (χ2v) is 2.75. The first-order chi connectivity index (χ1) is 4.24. The molecule has 0 spiro atoms. The zero-order valence-electron chi connectivity index (χ0n) is 4.64. The Bertz CT molecular complexity index is 126. The van der Waals surface area contributed by atoms with E-state index in [1.165, 1.54) is 0 Å². The molecule has 2 unspecified atom stereocenters. The average Bonchev–Trinajstić information content (AvgIpc) is 2.13. The van der Waals surface area contributed by atoms with Crippen LogP contribution in [0.5, 0.6) is 0 Å². The molecule has 52 valence electrons. The predicted octanol–water partition coefficient (Wildman–Crippen LogP) is 1.15. The lowest BCUT2D eigenvalue weighted by Crippen LogP contribution is -2.07. The normalized spacial score (nSPS) is 34.7. The second-order valence-electron chi connectivity index (χ2n) is 1.92. The number of esters is 1. The SMILES string of the molecule is O=C1OC(CCl)CC1Cl. The highest BCUT2D eigenvalue weighted by molar-refractivity contribution is 6.30. The topological polar surface area (TPSA) is 26.3 Å². The van der Waals surface area contributed by atoms with Crippen molar-refractivity contribution in [2.45, 2.75) is 17.9 Å². The molecule has 0 aliphatic carbocycles. The third-order valence-corrected chi connectivity index (χ3v) is 1.88. The summed E-state index contributed by atoms with van der Waals surface area (Å²) in [5.74, 6) is -0.00285. The minimum atomic E-state index is -0.478. The van der Waals surface area contributed by atoms with Crippen LogP contribution in [0.15, 0.2) is 0 Å². The Morgan fingerprint density at radius 3 is 2.67 bits per heavy atom. The third-order valence-electron chi connectivity index (χ3n) is 1.18. The first kappa shape index (κ1) is 7.16. The molecule has 0 aromatic carbocycles. The number of halogens is 2. The van der Waals surface area contributed by atoms with Gasteiger partial charge in [-0.1, -0.05) is 0 Å². The molecule has 0 aromatic rings. The van der Waals surface area contributed by atoms with Crippen molar-refractivity contribution in [2.24, 2.45) is 0 Å². The summed E-state index contributed by atoms with van der Waals surface area (Å²) in [6, 6.07) is 0. The lowest BCUT2D eigenvalue weighted by Gasteiger charge is -2.00. The molecule has 0 N–H and O–H groups in total. The Balaban J connectivity index is 2.44. The molecular formula is C5H6Cl2O2. The van der Waals surface area contributed by atoms with Gasteiger partial charge < -0.3 is 4.74 Å². The van der Waals surface area contributed by atoms with Gasteiger partial charge in [0.25, 0.3) is 0 Å². The fourth-order valence-electron chi connectivity index (χ4n) is 0.708. The van der Waals surface area contributed by atoms with Crippen LogP contribution < -0.4 is 0 Å². The molecule has 1 rings (SSSR count). The van der Waals surface area contributed by atoms with E-state index >= 15 is 0 Å². The lowest BCUT2D eigenvalue weighted by molar-refractivity contribution is -0.140. The smallest absolute Gasteiger partial charge is 0.324 e. The van der Waals surface area contributed by atoms with Crippen LogP contribution in [-0.2, 0) is 9.53 Å². The standard InChI is InChI=1S/C5H6Cl2O2/c6-2-3-1-4(7)5(8)9-3/h3-4H,1-2H2. The van der Waals surface area contributed by atoms with Crippen LogP contribution in [0.4, 0.5) is 0 Å². The lowest BCUT2D eigenvalue weighted by atomic mass is 10.3. The number of carbonyl (C=O) groups excluding carboxylic acids is 1. The summed E-state index contributed by atoms with van der Waals surface area (Å²) in [4.78, 5) is 10.5. The average molecular weight is 169 g/mol. The molecule has 1 fully saturated rings. The highest BCUT2D eigenvalue weighted by Gasteiger charge is 2.31. The molecule has 0 radical (unpaired) electrons. The third kappa shape index (κ3) is 1.49. The molecular weight excluding hydrogens is 163 g/mol. The summed E-state index contributed by atoms with van der Waals surface area (Å²) < 4.78 is 4.72. The Morgan fingerprint density at radius 2 is 2.44 bits per heavy atom. The Labute approximate surface area is 63.1 Å². The number of hydrogen-bond donors (Lipinski definition) is 0. The van der Waals surface area contributed by atoms with Crippen molar-refractivity contribution < 1.29 is 9.53 Å². The summed E-state index contributed by atoms with van der Waals surface area (Å²) in [5.41, 5.74) is 0. The first-order valence-corrected chi connectivity index (χ1v) is 3.61. The van der Waals surface area contributed by atoms with Gasteiger partial charge in [0, 0.05) is 6.42 Å². The van der Waals surface area contributed by atoms with Crippen LogP contribution in [0, 0.1) is 0 Å². The summed E-state index contributed by atoms with van der Waals surface area (Å²) in [7, 11) is 0. The maximum absolute atomic E-state index is 10.5. The van der Waals surface area contributed by atoms with Crippen LogP contribution in [0.25, 0.3) is 0 Å². The van der Waals surface area contributed by atoms with E-state index in [4.69, 9.17) is 27.9 Å². The second kappa shape index (κ2) is 2.76. The van der Waals surface area contributed by atoms with E-state index in [9.17, 15) is 4.79 Å². The van der Waals surface area contributed by atoms with Crippen molar-refractivity contribution in [1.82, 2.24) is 0 Å². The molecule has 9 heavy (non-hydrogen) atoms. The van der Waals surface area contributed by atoms with Crippen molar-refractivity contribution in [3.05, 3.63) is 0 Å². The van der Waals surface area contributed by atoms with Gasteiger partial charge in [0.05, 0.1) is 5.88 Å². The van der Waals surface area contributed by atoms with Gasteiger partial charge in [-0.25, -0.2) is 0 Å². The molecule has 0 amide bonds. The van der Waals surface area contributed by atoms with Gasteiger partial charge in [-0.3, -0.25) is 4.79 Å². The number of alkyl halides is 2. The van der Waals surface area contributed by atoms with E-state index in [0.29, 0.717) is 12.3 Å². The van der Waals surface area contributed by atoms with Gasteiger partial charge in [0.15, 0.2) is 0 Å². The van der Waals surface area contributed by atoms with Gasteiger partial charge in [0.1, 0.15) is 11.5 Å². The van der Waals surface area contributed by atoms with E-state index < -0.39 is 5.38 Å². The molecule has 1 heterocycles. The molecule has 0 bridgehead atoms. The van der Waals surface area contributed by atoms with Gasteiger partial charge >= 0.3 is 5.97 Å². The van der Waals surface area contributed by atoms with E-state index in [0.717, 1.165) is 0 Å². The fourth-order valence-corrected chi connectivity index (χ4v) is 1.15. The molecule has 1 aliphatic heterocycles. The maximum atomic E-state index is 10.5. The highest BCUT2D eigenvalue weighted by Crippen LogP contribution is 2.20. The fraction of sp³-hybridized carbons (Fsp3) is 0.800. The molecule has 1 saturated heterocycles. The predicted molar refractivity (Wildman–Crippen MR) is 34.9 cm³/mol. The van der Waals surface area contributed by atoms with Crippen molar-refractivity contribution in [1.29, 1.82) is 0 Å². The zero-order valence-corrected chi connectivity index (χ0v) is 6.15. The number of ether oxygens (including phenoxy) is 1. The van der Waals surface area contributed by atoms with Crippen LogP contribution in [0.3, 0.4) is 0 Å². The highest BCUT2D eigenvalue weighted by atomic mass is 35.5. The monoisotopic (exact) mass is 168 g/mol. The van der Waals surface area contributed by atoms with Crippen LogP contribution >= 0.6 is 23.2 Å². The quantitative estimate of drug-likeness (QED) is 0.434. The summed E-state index contributed by atoms with van der Waals surface area (Å²) >= 11 is 10.9. The molecule has 0 aromatic heterocycles. The zero-order chi connectivity index (χ0) is 6.85. The maximum Gasteiger partial charge on any atom is 0.324 e. The van der Waals surface area contributed by atoms with E-state index in [1.807, 2.05) is 0 Å². The first-order valence-electron chi connectivity index (χ1n) is 2.64.